The van der Waals surface area contributed by atoms with E-state index in [9.17, 15) is 4.79 Å². The number of rotatable bonds is 8. The van der Waals surface area contributed by atoms with E-state index in [-0.39, 0.29) is 17.9 Å². The first-order valence-corrected chi connectivity index (χ1v) is 13.3. The van der Waals surface area contributed by atoms with E-state index in [1.807, 2.05) is 16.8 Å². The summed E-state index contributed by atoms with van der Waals surface area (Å²) in [5.41, 5.74) is 9.68. The van der Waals surface area contributed by atoms with Crippen LogP contribution in [0.4, 0.5) is 11.8 Å². The Bertz CT molecular complexity index is 1310. The SMILES string of the molecule is COc1cc(C(=O)NC2CCN(C)C2)ccc1Cn1ncc2nc(N)nc(NCC3CC4(CCC4)C3)c21. The van der Waals surface area contributed by atoms with Crippen LogP contribution < -0.4 is 21.1 Å². The molecule has 1 amide bonds. The number of ether oxygens (including phenoxy) is 1. The van der Waals surface area contributed by atoms with E-state index in [0.29, 0.717) is 40.5 Å². The van der Waals surface area contributed by atoms with Crippen LogP contribution in [0.3, 0.4) is 0 Å². The van der Waals surface area contributed by atoms with Crippen molar-refractivity contribution in [2.75, 3.05) is 44.8 Å². The monoisotopic (exact) mass is 504 g/mol. The molecule has 3 heterocycles. The van der Waals surface area contributed by atoms with Crippen LogP contribution in [0.1, 0.15) is 54.4 Å². The number of carbonyl (C=O) groups is 1. The van der Waals surface area contributed by atoms with Gasteiger partial charge in [-0.1, -0.05) is 12.5 Å². The minimum Gasteiger partial charge on any atom is -0.496 e. The number of amides is 1. The van der Waals surface area contributed by atoms with Crippen molar-refractivity contribution in [2.45, 2.75) is 51.1 Å². The fraction of sp³-hybridized carbons (Fsp3) is 0.556. The second kappa shape index (κ2) is 9.48. The third-order valence-electron chi connectivity index (χ3n) is 8.52. The summed E-state index contributed by atoms with van der Waals surface area (Å²) in [5.74, 6) is 2.19. The number of hydrogen-bond donors (Lipinski definition) is 3. The molecule has 1 unspecified atom stereocenters. The van der Waals surface area contributed by atoms with Gasteiger partial charge in [-0.05, 0) is 69.2 Å². The Labute approximate surface area is 217 Å². The van der Waals surface area contributed by atoms with Crippen molar-refractivity contribution in [1.82, 2.24) is 30.0 Å². The van der Waals surface area contributed by atoms with Crippen LogP contribution in [0.15, 0.2) is 24.4 Å². The van der Waals surface area contributed by atoms with Gasteiger partial charge in [0.2, 0.25) is 5.95 Å². The number of methoxy groups -OCH3 is 1. The van der Waals surface area contributed by atoms with Crippen molar-refractivity contribution in [3.8, 4) is 5.75 Å². The van der Waals surface area contributed by atoms with Gasteiger partial charge in [0.15, 0.2) is 5.82 Å². The lowest BCUT2D eigenvalue weighted by Gasteiger charge is -2.54. The maximum absolute atomic E-state index is 12.8. The minimum absolute atomic E-state index is 0.0790. The van der Waals surface area contributed by atoms with Crippen LogP contribution >= 0.6 is 0 Å². The molecule has 1 aromatic carbocycles. The van der Waals surface area contributed by atoms with Crippen LogP contribution in [0, 0.1) is 11.3 Å². The number of nitrogens with one attached hydrogen (secondary N) is 2. The Morgan fingerprint density at radius 3 is 2.81 bits per heavy atom. The smallest absolute Gasteiger partial charge is 0.251 e. The number of carbonyl (C=O) groups excluding carboxylic acids is 1. The van der Waals surface area contributed by atoms with E-state index in [2.05, 4.69) is 37.6 Å². The summed E-state index contributed by atoms with van der Waals surface area (Å²) in [4.78, 5) is 24.0. The largest absolute Gasteiger partial charge is 0.496 e. The van der Waals surface area contributed by atoms with Gasteiger partial charge >= 0.3 is 0 Å². The first-order chi connectivity index (χ1) is 17.9. The molecule has 2 saturated carbocycles. The number of hydrogen-bond acceptors (Lipinski definition) is 8. The Hall–Kier alpha value is -3.40. The summed E-state index contributed by atoms with van der Waals surface area (Å²) in [6.45, 7) is 3.20. The summed E-state index contributed by atoms with van der Waals surface area (Å²) in [6, 6.07) is 5.75. The van der Waals surface area contributed by atoms with E-state index >= 15 is 0 Å². The zero-order valence-electron chi connectivity index (χ0n) is 21.7. The second-order valence-electron chi connectivity index (χ2n) is 11.2. The Morgan fingerprint density at radius 1 is 1.27 bits per heavy atom. The van der Waals surface area contributed by atoms with Crippen molar-refractivity contribution in [1.29, 1.82) is 0 Å². The van der Waals surface area contributed by atoms with Crippen LogP contribution in [0.25, 0.3) is 11.0 Å². The zero-order valence-corrected chi connectivity index (χ0v) is 21.7. The third-order valence-corrected chi connectivity index (χ3v) is 8.52. The molecule has 37 heavy (non-hydrogen) atoms. The number of likely N-dealkylation sites (tertiary alicyclic amines) is 1. The molecule has 10 heteroatoms. The van der Waals surface area contributed by atoms with Crippen LogP contribution in [-0.2, 0) is 6.54 Å². The molecule has 0 bridgehead atoms. The van der Waals surface area contributed by atoms with Gasteiger partial charge in [-0.2, -0.15) is 10.1 Å². The Morgan fingerprint density at radius 2 is 2.11 bits per heavy atom. The third kappa shape index (κ3) is 4.70. The number of benzene rings is 1. The summed E-state index contributed by atoms with van der Waals surface area (Å²) >= 11 is 0. The maximum Gasteiger partial charge on any atom is 0.251 e. The maximum atomic E-state index is 12.8. The molecule has 10 nitrogen and oxygen atoms in total. The van der Waals surface area contributed by atoms with E-state index in [1.54, 1.807) is 19.4 Å². The summed E-state index contributed by atoms with van der Waals surface area (Å²) in [5, 5.41) is 11.3. The Kier molecular flexibility index (Phi) is 6.14. The van der Waals surface area contributed by atoms with Gasteiger partial charge in [-0.25, -0.2) is 4.98 Å². The molecule has 4 N–H and O–H groups in total. The van der Waals surface area contributed by atoms with Crippen molar-refractivity contribution < 1.29 is 9.53 Å². The lowest BCUT2D eigenvalue weighted by molar-refractivity contribution is -0.0185. The molecule has 0 radical (unpaired) electrons. The van der Waals surface area contributed by atoms with Crippen molar-refractivity contribution >= 4 is 28.7 Å². The number of anilines is 2. The van der Waals surface area contributed by atoms with Crippen molar-refractivity contribution in [3.63, 3.8) is 0 Å². The number of nitrogens with zero attached hydrogens (tertiary/aromatic N) is 5. The number of likely N-dealkylation sites (N-methyl/N-ethyl adjacent to an activating group) is 1. The lowest BCUT2D eigenvalue weighted by Crippen LogP contribution is -2.45. The molecule has 3 fully saturated rings. The van der Waals surface area contributed by atoms with Crippen LogP contribution in [0.2, 0.25) is 0 Å². The number of nitrogens with two attached hydrogens (primary N) is 1. The fourth-order valence-electron chi connectivity index (χ4n) is 6.39. The first-order valence-electron chi connectivity index (χ1n) is 13.3. The van der Waals surface area contributed by atoms with Crippen molar-refractivity contribution in [2.24, 2.45) is 11.3 Å². The molecule has 196 valence electrons. The standard InChI is InChI=1S/C27H36N8O2/c1-34-9-6-20(16-34)31-25(36)18-4-5-19(22(10-18)37-2)15-35-23-21(14-30-35)32-26(28)33-24(23)29-13-17-11-27(12-17)7-3-8-27/h4-5,10,14,17,20H,3,6-9,11-13,15-16H2,1-2H3,(H,31,36)(H3,28,29,32,33). The first kappa shape index (κ1) is 24.0. The Balaban J connectivity index is 1.19. The van der Waals surface area contributed by atoms with Gasteiger partial charge in [0, 0.05) is 30.3 Å². The van der Waals surface area contributed by atoms with E-state index in [0.717, 1.165) is 37.1 Å². The average Bonchev–Trinajstić information content (AvgIpc) is 3.42. The van der Waals surface area contributed by atoms with E-state index < -0.39 is 0 Å². The molecule has 1 spiro atoms. The molecule has 6 rings (SSSR count). The van der Waals surface area contributed by atoms with Gasteiger partial charge in [0.05, 0.1) is 19.9 Å². The number of aromatic nitrogens is 4. The highest BCUT2D eigenvalue weighted by Crippen LogP contribution is 2.58. The van der Waals surface area contributed by atoms with Gasteiger partial charge in [-0.15, -0.1) is 0 Å². The zero-order chi connectivity index (χ0) is 25.6. The normalized spacial score (nSPS) is 21.1. The van der Waals surface area contributed by atoms with Crippen LogP contribution in [-0.4, -0.2) is 70.4 Å². The number of fused-ring (bicyclic) bond motifs is 1. The van der Waals surface area contributed by atoms with Gasteiger partial charge < -0.3 is 26.0 Å². The molecule has 1 aliphatic heterocycles. The molecule has 3 aliphatic rings. The summed E-state index contributed by atoms with van der Waals surface area (Å²) in [6.07, 6.45) is 9.46. The van der Waals surface area contributed by atoms with Gasteiger partial charge in [0.1, 0.15) is 16.8 Å². The quantitative estimate of drug-likeness (QED) is 0.428. The van der Waals surface area contributed by atoms with Gasteiger partial charge in [0.25, 0.3) is 5.91 Å². The number of nitrogen functional groups attached to an aromatic ring is 1. The lowest BCUT2D eigenvalue weighted by atomic mass is 9.52. The molecular weight excluding hydrogens is 468 g/mol. The van der Waals surface area contributed by atoms with E-state index in [4.69, 9.17) is 10.5 Å². The molecular formula is C27H36N8O2. The predicted octanol–water partition coefficient (Wildman–Crippen LogP) is 2.89. The van der Waals surface area contributed by atoms with Crippen molar-refractivity contribution in [3.05, 3.63) is 35.5 Å². The fourth-order valence-corrected chi connectivity index (χ4v) is 6.39. The summed E-state index contributed by atoms with van der Waals surface area (Å²) < 4.78 is 7.55. The molecule has 1 atom stereocenters. The topological polar surface area (TPSA) is 123 Å². The average molecular weight is 505 g/mol. The highest BCUT2D eigenvalue weighted by Gasteiger charge is 2.47. The second-order valence-corrected chi connectivity index (χ2v) is 11.2. The van der Waals surface area contributed by atoms with E-state index in [1.165, 1.54) is 32.1 Å². The highest BCUT2D eigenvalue weighted by molar-refractivity contribution is 5.95. The molecule has 2 aromatic heterocycles. The van der Waals surface area contributed by atoms with Gasteiger partial charge in [-0.3, -0.25) is 9.48 Å². The summed E-state index contributed by atoms with van der Waals surface area (Å²) in [7, 11) is 3.69. The predicted molar refractivity (Wildman–Crippen MR) is 143 cm³/mol. The molecule has 3 aromatic rings. The highest BCUT2D eigenvalue weighted by atomic mass is 16.5. The minimum atomic E-state index is -0.0790. The van der Waals surface area contributed by atoms with Crippen LogP contribution in [0.5, 0.6) is 5.75 Å². The molecule has 2 aliphatic carbocycles. The molecule has 1 saturated heterocycles.